The number of amides is 3. The Hall–Kier alpha value is -4.01. The number of alkyl halides is 3. The standard InChI is InChI=1S/C28H23BrF3N7O2S/c1-16-3-10-21(29)13-23(16)39-24(40)14-42-27(39)34-26(41)36-35-17(2)18-4-6-19(7-5-18)25-33-15-38(37-25)22-11-8-20(9-12-22)28(30,31)32/h3-13,15,17,35H,14H2,1-2H3,(H,36,41)/b34-27-. The van der Waals surface area contributed by atoms with E-state index in [0.717, 1.165) is 27.7 Å². The van der Waals surface area contributed by atoms with E-state index in [9.17, 15) is 22.8 Å². The Balaban J connectivity index is 1.20. The molecule has 3 amide bonds. The largest absolute Gasteiger partial charge is 0.416 e. The third-order valence-electron chi connectivity index (χ3n) is 6.39. The number of thioether (sulfide) groups is 1. The molecule has 4 aromatic rings. The molecular weight excluding hydrogens is 635 g/mol. The molecule has 1 aliphatic rings. The van der Waals surface area contributed by atoms with Crippen molar-refractivity contribution in [3.63, 3.8) is 0 Å². The van der Waals surface area contributed by atoms with Gasteiger partial charge in [0.15, 0.2) is 11.0 Å². The molecule has 0 aliphatic carbocycles. The lowest BCUT2D eigenvalue weighted by atomic mass is 10.1. The lowest BCUT2D eigenvalue weighted by Crippen LogP contribution is -2.39. The van der Waals surface area contributed by atoms with Crippen LogP contribution in [-0.2, 0) is 11.0 Å². The first-order valence-electron chi connectivity index (χ1n) is 12.6. The second kappa shape index (κ2) is 12.1. The van der Waals surface area contributed by atoms with Crippen LogP contribution < -0.4 is 15.8 Å². The van der Waals surface area contributed by atoms with E-state index in [-0.39, 0.29) is 17.7 Å². The lowest BCUT2D eigenvalue weighted by molar-refractivity contribution is -0.137. The summed E-state index contributed by atoms with van der Waals surface area (Å²) in [7, 11) is 0. The molecule has 0 spiro atoms. The fraction of sp³-hybridized carbons (Fsp3) is 0.179. The predicted molar refractivity (Wildman–Crippen MR) is 158 cm³/mol. The van der Waals surface area contributed by atoms with Crippen LogP contribution in [-0.4, -0.2) is 37.6 Å². The maximum Gasteiger partial charge on any atom is 0.416 e. The van der Waals surface area contributed by atoms with E-state index in [2.05, 4.69) is 41.9 Å². The summed E-state index contributed by atoms with van der Waals surface area (Å²) in [6.45, 7) is 3.73. The fourth-order valence-electron chi connectivity index (χ4n) is 4.12. The maximum atomic E-state index is 12.8. The van der Waals surface area contributed by atoms with Crippen LogP contribution >= 0.6 is 27.7 Å². The van der Waals surface area contributed by atoms with Crippen molar-refractivity contribution in [1.29, 1.82) is 0 Å². The van der Waals surface area contributed by atoms with E-state index in [1.807, 2.05) is 44.2 Å². The van der Waals surface area contributed by atoms with Gasteiger partial charge in [-0.05, 0) is 61.4 Å². The van der Waals surface area contributed by atoms with Crippen molar-refractivity contribution in [3.8, 4) is 17.1 Å². The molecule has 42 heavy (non-hydrogen) atoms. The SMILES string of the molecule is Cc1ccc(Br)cc1N1C(=O)CS/C1=N\C(=O)NNC(C)c1ccc(-c2ncn(-c3ccc(C(F)(F)F)cc3)n2)cc1. The zero-order valence-electron chi connectivity index (χ0n) is 22.2. The van der Waals surface area contributed by atoms with Crippen molar-refractivity contribution in [1.82, 2.24) is 25.6 Å². The molecule has 1 unspecified atom stereocenters. The van der Waals surface area contributed by atoms with Gasteiger partial charge in [-0.1, -0.05) is 58.0 Å². The first-order valence-corrected chi connectivity index (χ1v) is 14.3. The van der Waals surface area contributed by atoms with Gasteiger partial charge in [-0.2, -0.15) is 18.2 Å². The van der Waals surface area contributed by atoms with Crippen LogP contribution in [0.5, 0.6) is 0 Å². The number of aryl methyl sites for hydroxylation is 1. The van der Waals surface area contributed by atoms with E-state index in [0.29, 0.717) is 27.9 Å². The summed E-state index contributed by atoms with van der Waals surface area (Å²) in [5, 5.41) is 4.67. The molecule has 3 aromatic carbocycles. The summed E-state index contributed by atoms with van der Waals surface area (Å²) < 4.78 is 40.7. The van der Waals surface area contributed by atoms with Crippen molar-refractivity contribution < 1.29 is 22.8 Å². The summed E-state index contributed by atoms with van der Waals surface area (Å²) >= 11 is 4.61. The van der Waals surface area contributed by atoms with Crippen molar-refractivity contribution in [2.75, 3.05) is 10.7 Å². The normalized spacial score (nSPS) is 15.3. The van der Waals surface area contributed by atoms with Crippen molar-refractivity contribution >= 4 is 50.5 Å². The fourth-order valence-corrected chi connectivity index (χ4v) is 5.32. The smallest absolute Gasteiger partial charge is 0.273 e. The van der Waals surface area contributed by atoms with Gasteiger partial charge in [-0.3, -0.25) is 15.1 Å². The van der Waals surface area contributed by atoms with E-state index in [1.54, 1.807) is 12.1 Å². The summed E-state index contributed by atoms with van der Waals surface area (Å²) in [6.07, 6.45) is -2.98. The number of nitrogens with zero attached hydrogens (tertiary/aromatic N) is 5. The number of aromatic nitrogens is 3. The Bertz CT molecular complexity index is 1660. The summed E-state index contributed by atoms with van der Waals surface area (Å²) in [6, 6.07) is 16.6. The van der Waals surface area contributed by atoms with Crippen LogP contribution in [0.3, 0.4) is 0 Å². The Labute approximate surface area is 251 Å². The summed E-state index contributed by atoms with van der Waals surface area (Å²) in [4.78, 5) is 35.0. The molecule has 14 heteroatoms. The highest BCUT2D eigenvalue weighted by Crippen LogP contribution is 2.32. The number of nitrogens with one attached hydrogen (secondary N) is 2. The Morgan fingerprint density at radius 2 is 1.81 bits per heavy atom. The molecule has 5 rings (SSSR count). The van der Waals surface area contributed by atoms with Gasteiger partial charge in [-0.15, -0.1) is 5.10 Å². The number of hydrazine groups is 1. The zero-order valence-corrected chi connectivity index (χ0v) is 24.6. The van der Waals surface area contributed by atoms with Crippen molar-refractivity contribution in [2.45, 2.75) is 26.1 Å². The summed E-state index contributed by atoms with van der Waals surface area (Å²) in [5.74, 6) is 0.430. The molecule has 2 N–H and O–H groups in total. The minimum atomic E-state index is -4.41. The van der Waals surface area contributed by atoms with Gasteiger partial charge in [-0.25, -0.2) is 19.9 Å². The van der Waals surface area contributed by atoms with Gasteiger partial charge in [0.05, 0.1) is 22.7 Å². The first kappa shape index (κ1) is 29.5. The average molecular weight is 659 g/mol. The van der Waals surface area contributed by atoms with E-state index in [4.69, 9.17) is 0 Å². The highest BCUT2D eigenvalue weighted by molar-refractivity contribution is 9.10. The molecular formula is C28H23BrF3N7O2S. The number of aliphatic imine (C=N–C) groups is 1. The van der Waals surface area contributed by atoms with Gasteiger partial charge in [0.25, 0.3) is 0 Å². The van der Waals surface area contributed by atoms with Crippen LogP contribution in [0.1, 0.15) is 29.7 Å². The summed E-state index contributed by atoms with van der Waals surface area (Å²) in [5.41, 5.74) is 8.29. The molecule has 0 saturated carbocycles. The number of halogens is 4. The molecule has 0 bridgehead atoms. The number of hydrogen-bond donors (Lipinski definition) is 2. The third-order valence-corrected chi connectivity index (χ3v) is 7.81. The van der Waals surface area contributed by atoms with Crippen molar-refractivity contribution in [3.05, 3.63) is 94.2 Å². The van der Waals surface area contributed by atoms with Gasteiger partial charge in [0.2, 0.25) is 5.91 Å². The van der Waals surface area contributed by atoms with Gasteiger partial charge >= 0.3 is 12.2 Å². The topological polar surface area (TPSA) is 105 Å². The number of carbonyl (C=O) groups excluding carboxylic acids is 2. The highest BCUT2D eigenvalue weighted by atomic mass is 79.9. The predicted octanol–water partition coefficient (Wildman–Crippen LogP) is 6.44. The van der Waals surface area contributed by atoms with Gasteiger partial charge < -0.3 is 0 Å². The molecule has 1 aromatic heterocycles. The zero-order chi connectivity index (χ0) is 30.0. The van der Waals surface area contributed by atoms with Crippen molar-refractivity contribution in [2.24, 2.45) is 4.99 Å². The molecule has 0 radical (unpaired) electrons. The number of amidine groups is 1. The Morgan fingerprint density at radius 3 is 2.50 bits per heavy atom. The van der Waals surface area contributed by atoms with Crippen LogP contribution in [0.4, 0.5) is 23.7 Å². The Morgan fingerprint density at radius 1 is 1.10 bits per heavy atom. The lowest BCUT2D eigenvalue weighted by Gasteiger charge is -2.19. The van der Waals surface area contributed by atoms with E-state index >= 15 is 0 Å². The van der Waals surface area contributed by atoms with Crippen LogP contribution in [0.2, 0.25) is 0 Å². The maximum absolute atomic E-state index is 12.8. The second-order valence-electron chi connectivity index (χ2n) is 9.32. The van der Waals surface area contributed by atoms with Crippen LogP contribution in [0.15, 0.2) is 82.5 Å². The number of hydrogen-bond acceptors (Lipinski definition) is 6. The third kappa shape index (κ3) is 6.55. The molecule has 216 valence electrons. The van der Waals surface area contributed by atoms with Gasteiger partial charge in [0.1, 0.15) is 6.33 Å². The number of anilines is 1. The second-order valence-corrected chi connectivity index (χ2v) is 11.2. The number of benzene rings is 3. The average Bonchev–Trinajstić information content (AvgIpc) is 3.60. The quantitative estimate of drug-likeness (QED) is 0.232. The monoisotopic (exact) mass is 657 g/mol. The van der Waals surface area contributed by atoms with E-state index < -0.39 is 17.8 Å². The molecule has 1 saturated heterocycles. The highest BCUT2D eigenvalue weighted by Gasteiger charge is 2.32. The molecule has 1 fully saturated rings. The number of rotatable bonds is 6. The van der Waals surface area contributed by atoms with E-state index in [1.165, 1.54) is 39.8 Å². The Kier molecular flexibility index (Phi) is 8.48. The van der Waals surface area contributed by atoms with Gasteiger partial charge in [0, 0.05) is 16.1 Å². The number of urea groups is 1. The van der Waals surface area contributed by atoms with Crippen LogP contribution in [0.25, 0.3) is 17.1 Å². The molecule has 9 nitrogen and oxygen atoms in total. The number of carbonyl (C=O) groups is 2. The molecule has 1 atom stereocenters. The minimum Gasteiger partial charge on any atom is -0.273 e. The first-order chi connectivity index (χ1) is 20.0. The minimum absolute atomic E-state index is 0.159. The molecule has 1 aliphatic heterocycles. The molecule has 2 heterocycles. The van der Waals surface area contributed by atoms with Crippen LogP contribution in [0, 0.1) is 6.92 Å².